The fourth-order valence-corrected chi connectivity index (χ4v) is 4.45. The first kappa shape index (κ1) is 16.3. The maximum Gasteiger partial charge on any atom is 0.140 e. The predicted molar refractivity (Wildman–Crippen MR) is 120 cm³/mol. The molecule has 1 aromatic heterocycles. The summed E-state index contributed by atoms with van der Waals surface area (Å²) in [6.45, 7) is 2.93. The highest BCUT2D eigenvalue weighted by Crippen LogP contribution is 2.46. The van der Waals surface area contributed by atoms with Gasteiger partial charge in [0, 0.05) is 27.7 Å². The summed E-state index contributed by atoms with van der Waals surface area (Å²) in [4.78, 5) is 4.74. The Hall–Kier alpha value is -3.72. The first-order valence-corrected chi connectivity index (χ1v) is 9.91. The Balaban J connectivity index is 1.52. The van der Waals surface area contributed by atoms with Gasteiger partial charge in [-0.3, -0.25) is 0 Å². The van der Waals surface area contributed by atoms with Crippen LogP contribution < -0.4 is 9.80 Å². The monoisotopic (exact) mass is 376 g/mol. The highest BCUT2D eigenvalue weighted by atomic mass is 16.3. The van der Waals surface area contributed by atoms with Crippen molar-refractivity contribution in [2.45, 2.75) is 6.92 Å². The molecule has 29 heavy (non-hydrogen) atoms. The number of hydrogen-bond donors (Lipinski definition) is 0. The van der Waals surface area contributed by atoms with Crippen molar-refractivity contribution in [2.24, 2.45) is 0 Å². The van der Waals surface area contributed by atoms with Gasteiger partial charge in [0.2, 0.25) is 0 Å². The number of rotatable bonds is 2. The summed E-state index contributed by atoms with van der Waals surface area (Å²) in [6, 6.07) is 31.8. The van der Waals surface area contributed by atoms with E-state index in [0.717, 1.165) is 17.8 Å². The molecule has 0 amide bonds. The van der Waals surface area contributed by atoms with Crippen molar-refractivity contribution < 1.29 is 4.42 Å². The first-order valence-electron chi connectivity index (χ1n) is 9.91. The van der Waals surface area contributed by atoms with Gasteiger partial charge in [-0.1, -0.05) is 48.5 Å². The number of benzene rings is 4. The summed E-state index contributed by atoms with van der Waals surface area (Å²) >= 11 is 0. The molecule has 3 nitrogen and oxygen atoms in total. The Labute approximate surface area is 169 Å². The number of para-hydroxylation sites is 4. The minimum Gasteiger partial charge on any atom is -0.456 e. The van der Waals surface area contributed by atoms with Gasteiger partial charge in [-0.15, -0.1) is 0 Å². The van der Waals surface area contributed by atoms with Crippen LogP contribution in [0.3, 0.4) is 0 Å². The third-order valence-corrected chi connectivity index (χ3v) is 5.87. The quantitative estimate of drug-likeness (QED) is 0.326. The molecule has 0 N–H and O–H groups in total. The number of anilines is 4. The van der Waals surface area contributed by atoms with Gasteiger partial charge in [0.1, 0.15) is 17.8 Å². The van der Waals surface area contributed by atoms with Crippen LogP contribution in [0.2, 0.25) is 0 Å². The highest BCUT2D eigenvalue weighted by molar-refractivity contribution is 6.07. The van der Waals surface area contributed by atoms with Gasteiger partial charge >= 0.3 is 0 Å². The van der Waals surface area contributed by atoms with Crippen LogP contribution in [-0.4, -0.2) is 6.67 Å². The van der Waals surface area contributed by atoms with E-state index in [9.17, 15) is 0 Å². The van der Waals surface area contributed by atoms with Crippen LogP contribution in [0.1, 0.15) is 5.56 Å². The van der Waals surface area contributed by atoms with Gasteiger partial charge in [0.05, 0.1) is 11.4 Å². The number of nitrogens with zero attached hydrogens (tertiary/aromatic N) is 2. The topological polar surface area (TPSA) is 19.6 Å². The van der Waals surface area contributed by atoms with E-state index in [0.29, 0.717) is 0 Å². The van der Waals surface area contributed by atoms with E-state index in [-0.39, 0.29) is 0 Å². The van der Waals surface area contributed by atoms with Crippen LogP contribution in [0.25, 0.3) is 21.9 Å². The lowest BCUT2D eigenvalue weighted by Gasteiger charge is -2.23. The molecule has 0 fully saturated rings. The maximum absolute atomic E-state index is 6.24. The average molecular weight is 376 g/mol. The summed E-state index contributed by atoms with van der Waals surface area (Å²) in [5.41, 5.74) is 7.91. The maximum atomic E-state index is 6.24. The Bertz CT molecular complexity index is 1350. The van der Waals surface area contributed by atoms with E-state index >= 15 is 0 Å². The minimum atomic E-state index is 0.774. The van der Waals surface area contributed by atoms with Crippen molar-refractivity contribution in [3.05, 3.63) is 96.6 Å². The van der Waals surface area contributed by atoms with E-state index in [2.05, 4.69) is 95.6 Å². The lowest BCUT2D eigenvalue weighted by Crippen LogP contribution is -2.24. The van der Waals surface area contributed by atoms with Gasteiger partial charge in [0.25, 0.3) is 0 Å². The van der Waals surface area contributed by atoms with Crippen molar-refractivity contribution in [3.63, 3.8) is 0 Å². The zero-order valence-electron chi connectivity index (χ0n) is 16.2. The van der Waals surface area contributed by atoms with Gasteiger partial charge in [-0.05, 0) is 49.4 Å². The number of fused-ring (bicyclic) bond motifs is 4. The van der Waals surface area contributed by atoms with Crippen LogP contribution in [-0.2, 0) is 0 Å². The Kier molecular flexibility index (Phi) is 3.44. The average Bonchev–Trinajstić information content (AvgIpc) is 3.34. The number of hydrogen-bond acceptors (Lipinski definition) is 3. The molecule has 2 heterocycles. The molecule has 0 saturated heterocycles. The number of aryl methyl sites for hydroxylation is 1. The van der Waals surface area contributed by atoms with Crippen molar-refractivity contribution in [2.75, 3.05) is 16.5 Å². The third kappa shape index (κ3) is 2.37. The second-order valence-corrected chi connectivity index (χ2v) is 7.51. The summed E-state index contributed by atoms with van der Waals surface area (Å²) in [5, 5.41) is 2.35. The van der Waals surface area contributed by atoms with E-state index < -0.39 is 0 Å². The number of furan rings is 1. The zero-order chi connectivity index (χ0) is 19.4. The normalized spacial score (nSPS) is 13.4. The molecule has 0 aliphatic carbocycles. The molecule has 4 aromatic carbocycles. The van der Waals surface area contributed by atoms with Crippen molar-refractivity contribution in [1.82, 2.24) is 0 Å². The lowest BCUT2D eigenvalue weighted by molar-refractivity contribution is 0.665. The molecule has 0 radical (unpaired) electrons. The van der Waals surface area contributed by atoms with Crippen LogP contribution in [0.5, 0.6) is 0 Å². The van der Waals surface area contributed by atoms with Crippen molar-refractivity contribution in [3.8, 4) is 0 Å². The summed E-state index contributed by atoms with van der Waals surface area (Å²) in [7, 11) is 0. The molecule has 5 aromatic rings. The molecule has 0 spiro atoms. The van der Waals surface area contributed by atoms with E-state index in [1.165, 1.54) is 39.1 Å². The van der Waals surface area contributed by atoms with Gasteiger partial charge in [-0.25, -0.2) is 0 Å². The fourth-order valence-electron chi connectivity index (χ4n) is 4.45. The Morgan fingerprint density at radius 3 is 2.14 bits per heavy atom. The van der Waals surface area contributed by atoms with Gasteiger partial charge in [0.15, 0.2) is 0 Å². The molecule has 0 saturated carbocycles. The second kappa shape index (κ2) is 6.14. The molecule has 140 valence electrons. The molecule has 0 atom stereocenters. The van der Waals surface area contributed by atoms with Crippen molar-refractivity contribution in [1.29, 1.82) is 0 Å². The molecule has 6 rings (SSSR count). The summed E-state index contributed by atoms with van der Waals surface area (Å²) in [5.74, 6) is 0. The van der Waals surface area contributed by atoms with E-state index in [1.807, 2.05) is 12.1 Å². The fraction of sp³-hybridized carbons (Fsp3) is 0.0769. The van der Waals surface area contributed by atoms with Crippen LogP contribution in [0, 0.1) is 6.92 Å². The molecule has 3 heteroatoms. The molecule has 1 aliphatic heterocycles. The van der Waals surface area contributed by atoms with E-state index in [1.54, 1.807) is 0 Å². The lowest BCUT2D eigenvalue weighted by atomic mass is 10.1. The Morgan fingerprint density at radius 1 is 0.621 bits per heavy atom. The SMILES string of the molecule is Cc1c(N2CN(c3ccccc3)c3ccccc32)ccc2c1oc1ccccc12. The summed E-state index contributed by atoms with van der Waals surface area (Å²) < 4.78 is 6.24. The second-order valence-electron chi connectivity index (χ2n) is 7.51. The van der Waals surface area contributed by atoms with Gasteiger partial charge < -0.3 is 14.2 Å². The van der Waals surface area contributed by atoms with Crippen LogP contribution in [0.4, 0.5) is 22.7 Å². The van der Waals surface area contributed by atoms with Crippen LogP contribution >= 0.6 is 0 Å². The minimum absolute atomic E-state index is 0.774. The van der Waals surface area contributed by atoms with Crippen LogP contribution in [0.15, 0.2) is 95.4 Å². The summed E-state index contributed by atoms with van der Waals surface area (Å²) in [6.07, 6.45) is 0. The Morgan fingerprint density at radius 2 is 1.31 bits per heavy atom. The third-order valence-electron chi connectivity index (χ3n) is 5.87. The molecular weight excluding hydrogens is 356 g/mol. The van der Waals surface area contributed by atoms with Crippen molar-refractivity contribution >= 4 is 44.7 Å². The zero-order valence-corrected chi connectivity index (χ0v) is 16.2. The molecule has 0 bridgehead atoms. The molecule has 0 unspecified atom stereocenters. The largest absolute Gasteiger partial charge is 0.456 e. The standard InChI is InChI=1S/C26H20N2O/c1-18-22(16-15-21-20-11-5-8-14-25(20)29-26(18)21)28-17-27(19-9-3-2-4-10-19)23-12-6-7-13-24(23)28/h2-16H,17H2,1H3. The first-order chi connectivity index (χ1) is 14.3. The molecule has 1 aliphatic rings. The predicted octanol–water partition coefficient (Wildman–Crippen LogP) is 7.14. The van der Waals surface area contributed by atoms with E-state index in [4.69, 9.17) is 4.42 Å². The molecular formula is C26H20N2O. The highest BCUT2D eigenvalue weighted by Gasteiger charge is 2.29. The smallest absolute Gasteiger partial charge is 0.140 e. The van der Waals surface area contributed by atoms with Gasteiger partial charge in [-0.2, -0.15) is 0 Å².